The van der Waals surface area contributed by atoms with Crippen LogP contribution in [0.5, 0.6) is 5.75 Å². The number of halogens is 1. The quantitative estimate of drug-likeness (QED) is 0.363. The van der Waals surface area contributed by atoms with Gasteiger partial charge in [-0.25, -0.2) is 4.99 Å². The van der Waals surface area contributed by atoms with Gasteiger partial charge in [-0.2, -0.15) is 0 Å². The summed E-state index contributed by atoms with van der Waals surface area (Å²) in [7, 11) is 0. The van der Waals surface area contributed by atoms with E-state index in [0.717, 1.165) is 49.4 Å². The SMILES string of the molecule is CCNC(=NCc1ccc(C)cc1OCC)NCC(=O)N1CCCC1.I. The number of guanidine groups is 1. The van der Waals surface area contributed by atoms with Crippen LogP contribution in [-0.4, -0.2) is 49.6 Å². The Morgan fingerprint density at radius 2 is 1.96 bits per heavy atom. The average Bonchev–Trinajstić information content (AvgIpc) is 3.13. The van der Waals surface area contributed by atoms with E-state index >= 15 is 0 Å². The lowest BCUT2D eigenvalue weighted by atomic mass is 10.1. The number of nitrogens with zero attached hydrogens (tertiary/aromatic N) is 2. The van der Waals surface area contributed by atoms with Crippen LogP contribution >= 0.6 is 24.0 Å². The van der Waals surface area contributed by atoms with E-state index in [1.54, 1.807) is 0 Å². The first-order valence-electron chi connectivity index (χ1n) is 9.16. The van der Waals surface area contributed by atoms with Crippen LogP contribution in [0.1, 0.15) is 37.8 Å². The molecule has 0 aliphatic carbocycles. The maximum absolute atomic E-state index is 12.2. The van der Waals surface area contributed by atoms with Crippen molar-refractivity contribution in [1.82, 2.24) is 15.5 Å². The lowest BCUT2D eigenvalue weighted by Gasteiger charge is -2.17. The van der Waals surface area contributed by atoms with Crippen LogP contribution < -0.4 is 15.4 Å². The van der Waals surface area contributed by atoms with Crippen LogP contribution in [0.3, 0.4) is 0 Å². The Kier molecular flexibility index (Phi) is 10.4. The van der Waals surface area contributed by atoms with Crippen LogP contribution in [0.15, 0.2) is 23.2 Å². The molecule has 0 atom stereocenters. The van der Waals surface area contributed by atoms with Crippen molar-refractivity contribution in [2.45, 2.75) is 40.2 Å². The van der Waals surface area contributed by atoms with E-state index in [9.17, 15) is 4.79 Å². The fourth-order valence-corrected chi connectivity index (χ4v) is 2.83. The maximum atomic E-state index is 12.2. The topological polar surface area (TPSA) is 66.0 Å². The van der Waals surface area contributed by atoms with Gasteiger partial charge in [-0.3, -0.25) is 4.79 Å². The molecule has 7 heteroatoms. The number of aliphatic imine (C=N–C) groups is 1. The van der Waals surface area contributed by atoms with E-state index in [-0.39, 0.29) is 36.4 Å². The highest BCUT2D eigenvalue weighted by Gasteiger charge is 2.17. The van der Waals surface area contributed by atoms with Gasteiger partial charge >= 0.3 is 0 Å². The van der Waals surface area contributed by atoms with Crippen LogP contribution in [-0.2, 0) is 11.3 Å². The average molecular weight is 474 g/mol. The molecule has 1 aromatic carbocycles. The summed E-state index contributed by atoms with van der Waals surface area (Å²) < 4.78 is 5.70. The summed E-state index contributed by atoms with van der Waals surface area (Å²) in [5.41, 5.74) is 2.20. The number of nitrogens with one attached hydrogen (secondary N) is 2. The van der Waals surface area contributed by atoms with Crippen molar-refractivity contribution in [2.75, 3.05) is 32.8 Å². The van der Waals surface area contributed by atoms with Crippen molar-refractivity contribution in [3.63, 3.8) is 0 Å². The molecule has 0 radical (unpaired) electrons. The molecular weight excluding hydrogens is 443 g/mol. The van der Waals surface area contributed by atoms with Crippen LogP contribution in [0.4, 0.5) is 0 Å². The Hall–Kier alpha value is -1.51. The smallest absolute Gasteiger partial charge is 0.241 e. The number of likely N-dealkylation sites (tertiary alicyclic amines) is 1. The molecule has 1 aliphatic rings. The van der Waals surface area contributed by atoms with Gasteiger partial charge in [0.25, 0.3) is 0 Å². The summed E-state index contributed by atoms with van der Waals surface area (Å²) in [6, 6.07) is 6.14. The van der Waals surface area contributed by atoms with Crippen molar-refractivity contribution in [3.8, 4) is 5.75 Å². The molecule has 1 aliphatic heterocycles. The summed E-state index contributed by atoms with van der Waals surface area (Å²) in [4.78, 5) is 18.7. The molecule has 1 amide bonds. The fraction of sp³-hybridized carbons (Fsp3) is 0.579. The molecule has 1 saturated heterocycles. The van der Waals surface area contributed by atoms with Gasteiger partial charge in [-0.1, -0.05) is 12.1 Å². The number of amides is 1. The van der Waals surface area contributed by atoms with Gasteiger partial charge in [-0.15, -0.1) is 24.0 Å². The highest BCUT2D eigenvalue weighted by atomic mass is 127. The molecule has 0 saturated carbocycles. The third-order valence-corrected chi connectivity index (χ3v) is 4.14. The van der Waals surface area contributed by atoms with Gasteiger partial charge in [0.05, 0.1) is 19.7 Å². The molecule has 1 aromatic rings. The van der Waals surface area contributed by atoms with Crippen LogP contribution in [0.2, 0.25) is 0 Å². The number of carbonyl (C=O) groups is 1. The Balaban J connectivity index is 0.00000338. The highest BCUT2D eigenvalue weighted by molar-refractivity contribution is 14.0. The van der Waals surface area contributed by atoms with Crippen molar-refractivity contribution in [3.05, 3.63) is 29.3 Å². The lowest BCUT2D eigenvalue weighted by Crippen LogP contribution is -2.44. The molecule has 146 valence electrons. The molecule has 0 bridgehead atoms. The van der Waals surface area contributed by atoms with Crippen molar-refractivity contribution in [1.29, 1.82) is 0 Å². The zero-order valence-electron chi connectivity index (χ0n) is 16.0. The molecule has 1 heterocycles. The van der Waals surface area contributed by atoms with Gasteiger partial charge in [-0.05, 0) is 45.2 Å². The van der Waals surface area contributed by atoms with E-state index < -0.39 is 0 Å². The molecule has 26 heavy (non-hydrogen) atoms. The second-order valence-electron chi connectivity index (χ2n) is 6.18. The molecule has 2 rings (SSSR count). The summed E-state index contributed by atoms with van der Waals surface area (Å²) in [5.74, 6) is 1.65. The van der Waals surface area contributed by atoms with Gasteiger partial charge in [0, 0.05) is 25.2 Å². The highest BCUT2D eigenvalue weighted by Crippen LogP contribution is 2.21. The number of aryl methyl sites for hydroxylation is 1. The van der Waals surface area contributed by atoms with Crippen molar-refractivity contribution >= 4 is 35.8 Å². The maximum Gasteiger partial charge on any atom is 0.241 e. The minimum absolute atomic E-state index is 0. The number of benzene rings is 1. The molecule has 0 unspecified atom stereocenters. The van der Waals surface area contributed by atoms with E-state index in [4.69, 9.17) is 4.74 Å². The number of carbonyl (C=O) groups excluding carboxylic acids is 1. The van der Waals surface area contributed by atoms with Crippen molar-refractivity contribution < 1.29 is 9.53 Å². The number of hydrogen-bond acceptors (Lipinski definition) is 3. The fourth-order valence-electron chi connectivity index (χ4n) is 2.83. The number of ether oxygens (including phenoxy) is 1. The van der Waals surface area contributed by atoms with Gasteiger partial charge in [0.2, 0.25) is 5.91 Å². The Morgan fingerprint density at radius 1 is 1.23 bits per heavy atom. The lowest BCUT2D eigenvalue weighted by molar-refractivity contribution is -0.128. The zero-order chi connectivity index (χ0) is 18.1. The molecule has 2 N–H and O–H groups in total. The third-order valence-electron chi connectivity index (χ3n) is 4.14. The van der Waals surface area contributed by atoms with E-state index in [1.165, 1.54) is 0 Å². The molecular formula is C19H31IN4O2. The standard InChI is InChI=1S/C19H30N4O2.HI/c1-4-20-19(22-14-18(24)23-10-6-7-11-23)21-13-16-9-8-15(3)12-17(16)25-5-2;/h8-9,12H,4-7,10-11,13-14H2,1-3H3,(H2,20,21,22);1H. The molecule has 1 fully saturated rings. The molecule has 0 aromatic heterocycles. The normalized spacial score (nSPS) is 14.0. The molecule has 0 spiro atoms. The summed E-state index contributed by atoms with van der Waals surface area (Å²) in [6.45, 7) is 9.93. The second kappa shape index (κ2) is 12.0. The second-order valence-corrected chi connectivity index (χ2v) is 6.18. The Bertz CT molecular complexity index is 601. The van der Waals surface area contributed by atoms with Gasteiger partial charge < -0.3 is 20.3 Å². The summed E-state index contributed by atoms with van der Waals surface area (Å²) in [6.07, 6.45) is 2.21. The first kappa shape index (κ1) is 22.5. The number of rotatable bonds is 7. The largest absolute Gasteiger partial charge is 0.494 e. The minimum atomic E-state index is 0. The first-order valence-corrected chi connectivity index (χ1v) is 9.16. The van der Waals surface area contributed by atoms with Crippen molar-refractivity contribution in [2.24, 2.45) is 4.99 Å². The van der Waals surface area contributed by atoms with Gasteiger partial charge in [0.15, 0.2) is 5.96 Å². The minimum Gasteiger partial charge on any atom is -0.494 e. The van der Waals surface area contributed by atoms with Gasteiger partial charge in [0.1, 0.15) is 5.75 Å². The third kappa shape index (κ3) is 7.01. The van der Waals surface area contributed by atoms with E-state index in [0.29, 0.717) is 19.1 Å². The predicted molar refractivity (Wildman–Crippen MR) is 116 cm³/mol. The zero-order valence-corrected chi connectivity index (χ0v) is 18.3. The van der Waals surface area contributed by atoms with E-state index in [2.05, 4.69) is 21.7 Å². The Labute approximate surface area is 173 Å². The van der Waals surface area contributed by atoms with Crippen LogP contribution in [0.25, 0.3) is 0 Å². The van der Waals surface area contributed by atoms with Crippen LogP contribution in [0, 0.1) is 6.92 Å². The molecule has 6 nitrogen and oxygen atoms in total. The predicted octanol–water partition coefficient (Wildman–Crippen LogP) is 2.69. The monoisotopic (exact) mass is 474 g/mol. The Morgan fingerprint density at radius 3 is 2.62 bits per heavy atom. The van der Waals surface area contributed by atoms with E-state index in [1.807, 2.05) is 37.8 Å². The first-order chi connectivity index (χ1) is 12.1. The summed E-state index contributed by atoms with van der Waals surface area (Å²) in [5, 5.41) is 6.33. The number of hydrogen-bond donors (Lipinski definition) is 2. The summed E-state index contributed by atoms with van der Waals surface area (Å²) >= 11 is 0.